The zero-order chi connectivity index (χ0) is 21.7. The van der Waals surface area contributed by atoms with Gasteiger partial charge in [-0.2, -0.15) is 0 Å². The Bertz CT molecular complexity index is 1340. The quantitative estimate of drug-likeness (QED) is 0.432. The first-order chi connectivity index (χ1) is 15.7. The molecule has 1 atom stereocenters. The number of fused-ring (bicyclic) bond motifs is 2. The molecule has 0 spiro atoms. The third-order valence-corrected chi connectivity index (χ3v) is 6.17. The smallest absolute Gasteiger partial charge is 0.254 e. The van der Waals surface area contributed by atoms with Crippen LogP contribution in [-0.2, 0) is 0 Å². The van der Waals surface area contributed by atoms with Crippen LogP contribution in [-0.4, -0.2) is 29.1 Å². The van der Waals surface area contributed by atoms with E-state index in [1.807, 2.05) is 11.0 Å². The fourth-order valence-electron chi connectivity index (χ4n) is 4.55. The maximum absolute atomic E-state index is 13.3. The highest BCUT2D eigenvalue weighted by atomic mass is 16.7. The molecule has 32 heavy (non-hydrogen) atoms. The third-order valence-electron chi connectivity index (χ3n) is 6.17. The predicted molar refractivity (Wildman–Crippen MR) is 120 cm³/mol. The second kappa shape index (κ2) is 7.41. The van der Waals surface area contributed by atoms with Crippen molar-refractivity contribution in [1.82, 2.24) is 9.88 Å². The number of hydrogen-bond acceptors (Lipinski definition) is 5. The van der Waals surface area contributed by atoms with E-state index in [0.717, 1.165) is 35.1 Å². The molecule has 0 bridgehead atoms. The van der Waals surface area contributed by atoms with E-state index in [2.05, 4.69) is 43.3 Å². The van der Waals surface area contributed by atoms with Crippen molar-refractivity contribution in [2.45, 2.75) is 25.8 Å². The Morgan fingerprint density at radius 3 is 2.78 bits per heavy atom. The Labute approximate surface area is 185 Å². The van der Waals surface area contributed by atoms with E-state index in [0.29, 0.717) is 29.5 Å². The summed E-state index contributed by atoms with van der Waals surface area (Å²) in [5, 5.41) is 0. The van der Waals surface area contributed by atoms with Crippen molar-refractivity contribution in [2.24, 2.45) is 0 Å². The molecule has 1 amide bonds. The first-order valence-corrected chi connectivity index (χ1v) is 10.8. The lowest BCUT2D eigenvalue weighted by Crippen LogP contribution is -2.30. The molecule has 3 heterocycles. The lowest BCUT2D eigenvalue weighted by Gasteiger charge is -2.22. The summed E-state index contributed by atoms with van der Waals surface area (Å²) in [6.07, 6.45) is 1.74. The first kappa shape index (κ1) is 18.9. The van der Waals surface area contributed by atoms with Gasteiger partial charge in [0.2, 0.25) is 12.7 Å². The number of aromatic nitrogens is 1. The van der Waals surface area contributed by atoms with Crippen LogP contribution >= 0.6 is 0 Å². The topological polar surface area (TPSA) is 64.8 Å². The van der Waals surface area contributed by atoms with Gasteiger partial charge >= 0.3 is 0 Å². The minimum absolute atomic E-state index is 0.0477. The number of rotatable bonds is 3. The van der Waals surface area contributed by atoms with Crippen LogP contribution in [0.5, 0.6) is 11.5 Å². The van der Waals surface area contributed by atoms with Gasteiger partial charge < -0.3 is 18.8 Å². The van der Waals surface area contributed by atoms with E-state index in [9.17, 15) is 4.79 Å². The third kappa shape index (κ3) is 3.19. The van der Waals surface area contributed by atoms with Crippen molar-refractivity contribution in [3.63, 3.8) is 0 Å². The van der Waals surface area contributed by atoms with Crippen LogP contribution in [0.25, 0.3) is 22.2 Å². The molecule has 160 valence electrons. The maximum Gasteiger partial charge on any atom is 0.254 e. The van der Waals surface area contributed by atoms with E-state index < -0.39 is 0 Å². The summed E-state index contributed by atoms with van der Waals surface area (Å²) >= 11 is 0. The largest absolute Gasteiger partial charge is 0.454 e. The molecule has 0 aliphatic carbocycles. The fraction of sp³-hybridized carbons (Fsp3) is 0.231. The molecule has 3 aromatic carbocycles. The molecule has 6 nitrogen and oxygen atoms in total. The minimum atomic E-state index is -0.178. The van der Waals surface area contributed by atoms with Crippen LogP contribution in [0.15, 0.2) is 65.1 Å². The normalized spacial score (nSPS) is 17.3. The second-order valence-corrected chi connectivity index (χ2v) is 8.33. The van der Waals surface area contributed by atoms with Gasteiger partial charge in [-0.25, -0.2) is 4.98 Å². The molecular weight excluding hydrogens is 404 g/mol. The number of carbonyl (C=O) groups excluding carboxylic acids is 1. The molecule has 2 aliphatic heterocycles. The summed E-state index contributed by atoms with van der Waals surface area (Å²) < 4.78 is 16.9. The number of ether oxygens (including phenoxy) is 2. The Morgan fingerprint density at radius 2 is 1.88 bits per heavy atom. The van der Waals surface area contributed by atoms with Gasteiger partial charge in [0.1, 0.15) is 11.6 Å². The van der Waals surface area contributed by atoms with Crippen molar-refractivity contribution in [1.29, 1.82) is 0 Å². The van der Waals surface area contributed by atoms with Crippen LogP contribution in [0.3, 0.4) is 0 Å². The Morgan fingerprint density at radius 1 is 1.00 bits per heavy atom. The fourth-order valence-corrected chi connectivity index (χ4v) is 4.55. The van der Waals surface area contributed by atoms with E-state index in [1.165, 1.54) is 5.56 Å². The van der Waals surface area contributed by atoms with Gasteiger partial charge in [-0.3, -0.25) is 4.79 Å². The zero-order valence-electron chi connectivity index (χ0n) is 17.7. The molecule has 6 heteroatoms. The number of benzene rings is 3. The summed E-state index contributed by atoms with van der Waals surface area (Å²) in [6, 6.07) is 19.6. The molecule has 6 rings (SSSR count). The molecule has 0 N–H and O–H groups in total. The van der Waals surface area contributed by atoms with E-state index >= 15 is 0 Å². The lowest BCUT2D eigenvalue weighted by molar-refractivity contribution is 0.0716. The van der Waals surface area contributed by atoms with Gasteiger partial charge in [-0.1, -0.05) is 35.9 Å². The summed E-state index contributed by atoms with van der Waals surface area (Å²) in [6.45, 7) is 2.94. The Kier molecular flexibility index (Phi) is 4.38. The monoisotopic (exact) mass is 426 g/mol. The molecule has 1 fully saturated rings. The van der Waals surface area contributed by atoms with Crippen LogP contribution in [0, 0.1) is 6.92 Å². The zero-order valence-corrected chi connectivity index (χ0v) is 17.7. The highest BCUT2D eigenvalue weighted by molar-refractivity contribution is 5.95. The number of aryl methyl sites for hydroxylation is 1. The summed E-state index contributed by atoms with van der Waals surface area (Å²) in [7, 11) is 0. The SMILES string of the molecule is Cc1cccc(-c2ccc3oc(C4CCCN4C(=O)c4ccc5c(c4)OCO5)nc3c2)c1. The first-order valence-electron chi connectivity index (χ1n) is 10.8. The molecule has 0 saturated carbocycles. The Hall–Kier alpha value is -3.80. The number of hydrogen-bond donors (Lipinski definition) is 0. The van der Waals surface area contributed by atoms with Gasteiger partial charge in [-0.05, 0) is 61.2 Å². The number of likely N-dealkylation sites (tertiary alicyclic amines) is 1. The molecule has 1 saturated heterocycles. The highest BCUT2D eigenvalue weighted by Crippen LogP contribution is 2.37. The van der Waals surface area contributed by atoms with E-state index in [1.54, 1.807) is 18.2 Å². The van der Waals surface area contributed by atoms with Crippen molar-refractivity contribution < 1.29 is 18.7 Å². The summed E-state index contributed by atoms with van der Waals surface area (Å²) in [5.41, 5.74) is 5.59. The average Bonchev–Trinajstić information content (AvgIpc) is 3.56. The molecule has 4 aromatic rings. The molecule has 1 aromatic heterocycles. The van der Waals surface area contributed by atoms with Crippen LogP contribution in [0.2, 0.25) is 0 Å². The van der Waals surface area contributed by atoms with Crippen molar-refractivity contribution in [2.75, 3.05) is 13.3 Å². The number of oxazole rings is 1. The average molecular weight is 426 g/mol. The van der Waals surface area contributed by atoms with Gasteiger partial charge in [0.25, 0.3) is 5.91 Å². The van der Waals surface area contributed by atoms with Crippen molar-refractivity contribution >= 4 is 17.0 Å². The highest BCUT2D eigenvalue weighted by Gasteiger charge is 2.34. The van der Waals surface area contributed by atoms with Crippen LogP contribution < -0.4 is 9.47 Å². The van der Waals surface area contributed by atoms with Gasteiger partial charge in [-0.15, -0.1) is 0 Å². The van der Waals surface area contributed by atoms with E-state index in [-0.39, 0.29) is 18.7 Å². The molecule has 0 radical (unpaired) electrons. The molecular formula is C26H22N2O4. The van der Waals surface area contributed by atoms with Crippen molar-refractivity contribution in [3.05, 3.63) is 77.7 Å². The van der Waals surface area contributed by atoms with Crippen LogP contribution in [0.1, 0.15) is 40.7 Å². The Balaban J connectivity index is 1.31. The van der Waals surface area contributed by atoms with Gasteiger partial charge in [0, 0.05) is 12.1 Å². The van der Waals surface area contributed by atoms with Crippen molar-refractivity contribution in [3.8, 4) is 22.6 Å². The standard InChI is InChI=1S/C26H22N2O4/c1-16-4-2-5-17(12-16)18-7-9-22-20(13-18)27-25(32-22)21-6-3-11-28(21)26(29)19-8-10-23-24(14-19)31-15-30-23/h2,4-5,7-10,12-14,21H,3,6,11,15H2,1H3. The maximum atomic E-state index is 13.3. The number of nitrogens with zero attached hydrogens (tertiary/aromatic N) is 2. The lowest BCUT2D eigenvalue weighted by atomic mass is 10.0. The van der Waals surface area contributed by atoms with Gasteiger partial charge in [0.05, 0.1) is 0 Å². The van der Waals surface area contributed by atoms with E-state index in [4.69, 9.17) is 18.9 Å². The molecule has 1 unspecified atom stereocenters. The summed E-state index contributed by atoms with van der Waals surface area (Å²) in [4.78, 5) is 19.9. The number of amides is 1. The molecule has 2 aliphatic rings. The predicted octanol–water partition coefficient (Wildman–Crippen LogP) is 5.51. The van der Waals surface area contributed by atoms with Crippen LogP contribution in [0.4, 0.5) is 0 Å². The minimum Gasteiger partial charge on any atom is -0.454 e. The number of carbonyl (C=O) groups is 1. The summed E-state index contributed by atoms with van der Waals surface area (Å²) in [5.74, 6) is 1.82. The second-order valence-electron chi connectivity index (χ2n) is 8.33. The van der Waals surface area contributed by atoms with Gasteiger partial charge in [0.15, 0.2) is 17.1 Å².